The molecule has 6 heteroatoms. The average Bonchev–Trinajstić information content (AvgIpc) is 3.28. The van der Waals surface area contributed by atoms with Gasteiger partial charge in [0.2, 0.25) is 0 Å². The Bertz CT molecular complexity index is 992. The quantitative estimate of drug-likeness (QED) is 0.680. The first-order valence-electron chi connectivity index (χ1n) is 10.5. The zero-order chi connectivity index (χ0) is 19.3. The van der Waals surface area contributed by atoms with Crippen molar-refractivity contribution in [1.82, 2.24) is 25.1 Å². The minimum Gasteiger partial charge on any atom is -0.291 e. The van der Waals surface area contributed by atoms with Crippen molar-refractivity contribution in [3.63, 3.8) is 0 Å². The SMILES string of the molecule is Cc1nc(CN2CCc3cn[nH]c3C2)c2cc(C3CCC(C)(C)CC3)sc2n1. The number of hydrogen-bond acceptors (Lipinski definition) is 5. The maximum absolute atomic E-state index is 4.85. The summed E-state index contributed by atoms with van der Waals surface area (Å²) in [6.07, 6.45) is 8.28. The van der Waals surface area contributed by atoms with Gasteiger partial charge in [0.15, 0.2) is 0 Å². The second kappa shape index (κ2) is 6.92. The van der Waals surface area contributed by atoms with Gasteiger partial charge in [-0.15, -0.1) is 11.3 Å². The largest absolute Gasteiger partial charge is 0.291 e. The molecule has 0 atom stereocenters. The molecule has 0 amide bonds. The minimum absolute atomic E-state index is 0.508. The highest BCUT2D eigenvalue weighted by Gasteiger charge is 2.29. The van der Waals surface area contributed by atoms with Crippen molar-refractivity contribution in [2.45, 2.75) is 71.9 Å². The number of thiophene rings is 1. The van der Waals surface area contributed by atoms with E-state index in [1.807, 2.05) is 24.5 Å². The predicted octanol–water partition coefficient (Wildman–Crippen LogP) is 4.96. The number of H-pyrrole nitrogens is 1. The van der Waals surface area contributed by atoms with Crippen LogP contribution in [0.15, 0.2) is 12.3 Å². The third kappa shape index (κ3) is 3.48. The van der Waals surface area contributed by atoms with E-state index in [-0.39, 0.29) is 0 Å². The maximum atomic E-state index is 4.85. The van der Waals surface area contributed by atoms with E-state index in [2.05, 4.69) is 35.0 Å². The Hall–Kier alpha value is -1.79. The molecule has 5 nitrogen and oxygen atoms in total. The number of aromatic nitrogens is 4. The molecule has 0 aromatic carbocycles. The normalized spacial score (nSPS) is 20.5. The van der Waals surface area contributed by atoms with Gasteiger partial charge >= 0.3 is 0 Å². The van der Waals surface area contributed by atoms with Gasteiger partial charge < -0.3 is 0 Å². The first kappa shape index (κ1) is 18.3. The van der Waals surface area contributed by atoms with Gasteiger partial charge in [0.25, 0.3) is 0 Å². The van der Waals surface area contributed by atoms with Crippen LogP contribution in [0.2, 0.25) is 0 Å². The summed E-state index contributed by atoms with van der Waals surface area (Å²) >= 11 is 1.90. The van der Waals surface area contributed by atoms with Gasteiger partial charge in [-0.3, -0.25) is 10.00 Å². The summed E-state index contributed by atoms with van der Waals surface area (Å²) in [4.78, 5) is 14.8. The van der Waals surface area contributed by atoms with Crippen LogP contribution in [0.4, 0.5) is 0 Å². The molecule has 148 valence electrons. The Kier molecular flexibility index (Phi) is 4.51. The van der Waals surface area contributed by atoms with E-state index in [1.165, 1.54) is 57.7 Å². The number of fused-ring (bicyclic) bond motifs is 2. The number of nitrogens with zero attached hydrogens (tertiary/aromatic N) is 4. The number of aryl methyl sites for hydroxylation is 1. The Morgan fingerprint density at radius 2 is 2.07 bits per heavy atom. The molecular formula is C22H29N5S. The predicted molar refractivity (Wildman–Crippen MR) is 114 cm³/mol. The molecule has 3 aromatic rings. The molecule has 0 saturated heterocycles. The fourth-order valence-corrected chi connectivity index (χ4v) is 6.01. The van der Waals surface area contributed by atoms with Gasteiger partial charge in [0.05, 0.1) is 17.6 Å². The average molecular weight is 396 g/mol. The highest BCUT2D eigenvalue weighted by atomic mass is 32.1. The van der Waals surface area contributed by atoms with E-state index in [0.29, 0.717) is 11.3 Å². The highest BCUT2D eigenvalue weighted by Crippen LogP contribution is 2.45. The Balaban J connectivity index is 1.41. The standard InChI is InChI=1S/C22H29N5S/c1-14-24-19(13-27-9-6-16-11-23-26-18(16)12-27)17-10-20(28-21(17)25-14)15-4-7-22(2,3)8-5-15/h10-11,15H,4-9,12-13H2,1-3H3,(H,23,26). The topological polar surface area (TPSA) is 57.7 Å². The lowest BCUT2D eigenvalue weighted by Gasteiger charge is -2.33. The molecule has 1 aliphatic heterocycles. The van der Waals surface area contributed by atoms with E-state index in [0.717, 1.165) is 31.9 Å². The summed E-state index contributed by atoms with van der Waals surface area (Å²) in [6, 6.07) is 2.41. The fraction of sp³-hybridized carbons (Fsp3) is 0.591. The molecule has 2 aliphatic rings. The van der Waals surface area contributed by atoms with Gasteiger partial charge in [0.1, 0.15) is 10.7 Å². The van der Waals surface area contributed by atoms with Crippen molar-refractivity contribution >= 4 is 21.6 Å². The number of nitrogens with one attached hydrogen (secondary N) is 1. The molecule has 0 spiro atoms. The Morgan fingerprint density at radius 3 is 2.89 bits per heavy atom. The third-order valence-electron chi connectivity index (χ3n) is 6.60. The second-order valence-corrected chi connectivity index (χ2v) is 10.4. The van der Waals surface area contributed by atoms with Crippen LogP contribution in [0.1, 0.15) is 73.1 Å². The fourth-order valence-electron chi connectivity index (χ4n) is 4.74. The van der Waals surface area contributed by atoms with Crippen LogP contribution in [-0.4, -0.2) is 31.6 Å². The number of rotatable bonds is 3. The Morgan fingerprint density at radius 1 is 1.25 bits per heavy atom. The van der Waals surface area contributed by atoms with Gasteiger partial charge in [-0.25, -0.2) is 9.97 Å². The van der Waals surface area contributed by atoms with Crippen molar-refractivity contribution in [3.8, 4) is 0 Å². The smallest absolute Gasteiger partial charge is 0.127 e. The molecule has 1 saturated carbocycles. The van der Waals surface area contributed by atoms with Crippen molar-refractivity contribution in [1.29, 1.82) is 0 Å². The van der Waals surface area contributed by atoms with Crippen molar-refractivity contribution < 1.29 is 0 Å². The maximum Gasteiger partial charge on any atom is 0.127 e. The van der Waals surface area contributed by atoms with Crippen LogP contribution in [-0.2, 0) is 19.5 Å². The van der Waals surface area contributed by atoms with Gasteiger partial charge in [-0.2, -0.15) is 5.10 Å². The molecule has 1 aliphatic carbocycles. The lowest BCUT2D eigenvalue weighted by molar-refractivity contribution is 0.226. The molecule has 5 rings (SSSR count). The van der Waals surface area contributed by atoms with Crippen LogP contribution in [0.3, 0.4) is 0 Å². The summed E-state index contributed by atoms with van der Waals surface area (Å²) in [5, 5.41) is 8.62. The van der Waals surface area contributed by atoms with Crippen LogP contribution in [0, 0.1) is 12.3 Å². The summed E-state index contributed by atoms with van der Waals surface area (Å²) in [6.45, 7) is 9.71. The molecule has 3 aromatic heterocycles. The molecule has 0 radical (unpaired) electrons. The first-order chi connectivity index (χ1) is 13.5. The molecule has 28 heavy (non-hydrogen) atoms. The summed E-state index contributed by atoms with van der Waals surface area (Å²) in [7, 11) is 0. The molecule has 1 fully saturated rings. The lowest BCUT2D eigenvalue weighted by Crippen LogP contribution is -2.30. The van der Waals surface area contributed by atoms with Crippen molar-refractivity contribution in [3.05, 3.63) is 39.9 Å². The van der Waals surface area contributed by atoms with E-state index < -0.39 is 0 Å². The van der Waals surface area contributed by atoms with Crippen molar-refractivity contribution in [2.24, 2.45) is 5.41 Å². The third-order valence-corrected chi connectivity index (χ3v) is 7.80. The number of hydrogen-bond donors (Lipinski definition) is 1. The summed E-state index contributed by atoms with van der Waals surface area (Å²) < 4.78 is 0. The molecular weight excluding hydrogens is 366 g/mol. The zero-order valence-corrected chi connectivity index (χ0v) is 17.9. The second-order valence-electron chi connectivity index (χ2n) is 9.36. The zero-order valence-electron chi connectivity index (χ0n) is 17.1. The van der Waals surface area contributed by atoms with Gasteiger partial charge in [0, 0.05) is 29.9 Å². The van der Waals surface area contributed by atoms with Gasteiger partial charge in [-0.1, -0.05) is 13.8 Å². The van der Waals surface area contributed by atoms with Crippen LogP contribution in [0.5, 0.6) is 0 Å². The van der Waals surface area contributed by atoms with E-state index in [1.54, 1.807) is 0 Å². The van der Waals surface area contributed by atoms with Crippen LogP contribution < -0.4 is 0 Å². The molecule has 0 bridgehead atoms. The summed E-state index contributed by atoms with van der Waals surface area (Å²) in [5.41, 5.74) is 4.31. The minimum atomic E-state index is 0.508. The molecule has 4 heterocycles. The Labute approximate surface area is 170 Å². The summed E-state index contributed by atoms with van der Waals surface area (Å²) in [5.74, 6) is 1.59. The van der Waals surface area contributed by atoms with E-state index in [4.69, 9.17) is 9.97 Å². The van der Waals surface area contributed by atoms with Crippen molar-refractivity contribution in [2.75, 3.05) is 6.54 Å². The monoisotopic (exact) mass is 395 g/mol. The van der Waals surface area contributed by atoms with E-state index in [9.17, 15) is 0 Å². The molecule has 0 unspecified atom stereocenters. The highest BCUT2D eigenvalue weighted by molar-refractivity contribution is 7.18. The van der Waals surface area contributed by atoms with Crippen LogP contribution >= 0.6 is 11.3 Å². The number of aromatic amines is 1. The van der Waals surface area contributed by atoms with Crippen LogP contribution in [0.25, 0.3) is 10.2 Å². The first-order valence-corrected chi connectivity index (χ1v) is 11.3. The van der Waals surface area contributed by atoms with E-state index >= 15 is 0 Å². The molecule has 1 N–H and O–H groups in total. The lowest BCUT2D eigenvalue weighted by atomic mass is 9.73. The van der Waals surface area contributed by atoms with Gasteiger partial charge in [-0.05, 0) is 62.0 Å².